The number of benzene rings is 1. The lowest BCUT2D eigenvalue weighted by atomic mass is 9.91. The molecular formula is C24H32N2O2S. The highest BCUT2D eigenvalue weighted by atomic mass is 32.1. The number of carbonyl (C=O) groups is 2. The van der Waals surface area contributed by atoms with Gasteiger partial charge in [-0.05, 0) is 40.8 Å². The summed E-state index contributed by atoms with van der Waals surface area (Å²) in [5, 5.41) is 2.12. The third-order valence-corrected chi connectivity index (χ3v) is 6.25. The van der Waals surface area contributed by atoms with E-state index in [1.54, 1.807) is 16.2 Å². The van der Waals surface area contributed by atoms with Gasteiger partial charge in [0, 0.05) is 24.4 Å². The van der Waals surface area contributed by atoms with Crippen molar-refractivity contribution in [1.82, 2.24) is 9.80 Å². The molecule has 1 aliphatic rings. The summed E-state index contributed by atoms with van der Waals surface area (Å²) in [6, 6.07) is 12.3. The van der Waals surface area contributed by atoms with Crippen LogP contribution in [0.25, 0.3) is 0 Å². The second-order valence-electron chi connectivity index (χ2n) is 9.00. The van der Waals surface area contributed by atoms with Gasteiger partial charge in [0.05, 0.1) is 12.6 Å². The van der Waals surface area contributed by atoms with Gasteiger partial charge in [0.25, 0.3) is 0 Å². The fourth-order valence-corrected chi connectivity index (χ4v) is 4.87. The molecule has 156 valence electrons. The van der Waals surface area contributed by atoms with Gasteiger partial charge in [-0.2, -0.15) is 0 Å². The van der Waals surface area contributed by atoms with Crippen molar-refractivity contribution in [2.24, 2.45) is 5.41 Å². The van der Waals surface area contributed by atoms with Gasteiger partial charge in [0.15, 0.2) is 0 Å². The summed E-state index contributed by atoms with van der Waals surface area (Å²) in [7, 11) is 0. The van der Waals surface area contributed by atoms with E-state index in [1.807, 2.05) is 30.0 Å². The molecule has 0 aliphatic carbocycles. The average Bonchev–Trinajstić information content (AvgIpc) is 3.15. The predicted molar refractivity (Wildman–Crippen MR) is 119 cm³/mol. The summed E-state index contributed by atoms with van der Waals surface area (Å²) in [4.78, 5) is 31.3. The van der Waals surface area contributed by atoms with Crippen molar-refractivity contribution in [2.75, 3.05) is 19.6 Å². The van der Waals surface area contributed by atoms with Gasteiger partial charge in [-0.3, -0.25) is 9.59 Å². The van der Waals surface area contributed by atoms with Crippen molar-refractivity contribution in [3.05, 3.63) is 57.8 Å². The molecule has 1 aliphatic heterocycles. The lowest BCUT2D eigenvalue weighted by Gasteiger charge is -2.38. The fraction of sp³-hybridized carbons (Fsp3) is 0.500. The Kier molecular flexibility index (Phi) is 6.78. The van der Waals surface area contributed by atoms with E-state index in [2.05, 4.69) is 44.4 Å². The van der Waals surface area contributed by atoms with E-state index in [1.165, 1.54) is 10.4 Å². The van der Waals surface area contributed by atoms with Crippen LogP contribution in [0.3, 0.4) is 0 Å². The molecule has 4 nitrogen and oxygen atoms in total. The molecule has 0 bridgehead atoms. The van der Waals surface area contributed by atoms with Crippen molar-refractivity contribution in [3.63, 3.8) is 0 Å². The van der Waals surface area contributed by atoms with Crippen molar-refractivity contribution in [1.29, 1.82) is 0 Å². The lowest BCUT2D eigenvalue weighted by Crippen LogP contribution is -2.47. The number of hydrogen-bond donors (Lipinski definition) is 0. The van der Waals surface area contributed by atoms with Crippen LogP contribution in [0.1, 0.15) is 62.6 Å². The number of amides is 2. The van der Waals surface area contributed by atoms with Gasteiger partial charge >= 0.3 is 0 Å². The van der Waals surface area contributed by atoms with Gasteiger partial charge in [-0.15, -0.1) is 11.3 Å². The van der Waals surface area contributed by atoms with E-state index < -0.39 is 0 Å². The molecule has 0 N–H and O–H groups in total. The molecule has 2 amide bonds. The van der Waals surface area contributed by atoms with Crippen LogP contribution in [0.4, 0.5) is 0 Å². The number of thiophene rings is 1. The maximum Gasteiger partial charge on any atom is 0.242 e. The number of nitrogens with zero attached hydrogens (tertiary/aromatic N) is 2. The van der Waals surface area contributed by atoms with Crippen LogP contribution < -0.4 is 0 Å². The summed E-state index contributed by atoms with van der Waals surface area (Å²) in [6.45, 7) is 9.70. The molecule has 0 spiro atoms. The Morgan fingerprint density at radius 2 is 1.90 bits per heavy atom. The van der Waals surface area contributed by atoms with Crippen molar-refractivity contribution in [3.8, 4) is 0 Å². The van der Waals surface area contributed by atoms with Crippen LogP contribution in [0.5, 0.6) is 0 Å². The highest BCUT2D eigenvalue weighted by Gasteiger charge is 2.34. The molecule has 1 unspecified atom stereocenters. The third-order valence-electron chi connectivity index (χ3n) is 5.26. The van der Waals surface area contributed by atoms with Crippen LogP contribution in [-0.2, 0) is 16.0 Å². The maximum atomic E-state index is 13.4. The summed E-state index contributed by atoms with van der Waals surface area (Å²) >= 11 is 1.77. The number of fused-ring (bicyclic) bond motifs is 1. The largest absolute Gasteiger partial charge is 0.333 e. The molecule has 1 aromatic heterocycles. The van der Waals surface area contributed by atoms with E-state index in [0.29, 0.717) is 19.5 Å². The van der Waals surface area contributed by atoms with E-state index >= 15 is 0 Å². The first-order valence-electron chi connectivity index (χ1n) is 10.5. The van der Waals surface area contributed by atoms with Crippen molar-refractivity contribution >= 4 is 23.2 Å². The Morgan fingerprint density at radius 3 is 2.55 bits per heavy atom. The standard InChI is InChI=1S/C24H32N2O2S/c1-5-13-25(21(27)16-24(2,3)4)17-22(28)26-14-11-20-19(12-15-29-20)23(26)18-9-7-6-8-10-18/h6-10,12,15,23H,5,11,13-14,16-17H2,1-4H3. The first kappa shape index (κ1) is 21.6. The molecule has 2 heterocycles. The highest BCUT2D eigenvalue weighted by Crippen LogP contribution is 2.37. The molecule has 1 atom stereocenters. The normalized spacial score (nSPS) is 16.4. The summed E-state index contributed by atoms with van der Waals surface area (Å²) < 4.78 is 0. The van der Waals surface area contributed by atoms with Crippen LogP contribution in [0, 0.1) is 5.41 Å². The van der Waals surface area contributed by atoms with E-state index in [9.17, 15) is 9.59 Å². The summed E-state index contributed by atoms with van der Waals surface area (Å²) in [6.07, 6.45) is 2.18. The maximum absolute atomic E-state index is 13.4. The molecule has 1 aromatic carbocycles. The molecule has 5 heteroatoms. The minimum Gasteiger partial charge on any atom is -0.333 e. The Labute approximate surface area is 178 Å². The molecule has 0 saturated heterocycles. The Balaban J connectivity index is 1.83. The lowest BCUT2D eigenvalue weighted by molar-refractivity contribution is -0.142. The number of carbonyl (C=O) groups excluding carboxylic acids is 2. The third kappa shape index (κ3) is 5.27. The van der Waals surface area contributed by atoms with Gasteiger partial charge in [0.2, 0.25) is 11.8 Å². The minimum atomic E-state index is -0.0879. The minimum absolute atomic E-state index is 0.0337. The molecular weight excluding hydrogens is 380 g/mol. The molecule has 3 rings (SSSR count). The zero-order chi connectivity index (χ0) is 21.0. The molecule has 0 radical (unpaired) electrons. The van der Waals surface area contributed by atoms with Gasteiger partial charge in [-0.1, -0.05) is 58.0 Å². The molecule has 29 heavy (non-hydrogen) atoms. The topological polar surface area (TPSA) is 40.6 Å². The van der Waals surface area contributed by atoms with Crippen molar-refractivity contribution in [2.45, 2.75) is 53.0 Å². The SMILES string of the molecule is CCCN(CC(=O)N1CCc2sccc2C1c1ccccc1)C(=O)CC(C)(C)C. The molecule has 0 fully saturated rings. The first-order chi connectivity index (χ1) is 13.8. The highest BCUT2D eigenvalue weighted by molar-refractivity contribution is 7.10. The second kappa shape index (κ2) is 9.12. The number of rotatable bonds is 6. The number of hydrogen-bond acceptors (Lipinski definition) is 3. The van der Waals surface area contributed by atoms with Gasteiger partial charge < -0.3 is 9.80 Å². The van der Waals surface area contributed by atoms with Crippen LogP contribution in [-0.4, -0.2) is 41.2 Å². The Bertz CT molecular complexity index is 838. The quantitative estimate of drug-likeness (QED) is 0.677. The van der Waals surface area contributed by atoms with Crippen molar-refractivity contribution < 1.29 is 9.59 Å². The zero-order valence-electron chi connectivity index (χ0n) is 18.0. The van der Waals surface area contributed by atoms with Crippen LogP contribution >= 0.6 is 11.3 Å². The van der Waals surface area contributed by atoms with E-state index in [4.69, 9.17) is 0 Å². The van der Waals surface area contributed by atoms with Gasteiger partial charge in [-0.25, -0.2) is 0 Å². The van der Waals surface area contributed by atoms with Crippen LogP contribution in [0.15, 0.2) is 41.8 Å². The Hall–Kier alpha value is -2.14. The van der Waals surface area contributed by atoms with Gasteiger partial charge in [0.1, 0.15) is 0 Å². The summed E-state index contributed by atoms with van der Waals surface area (Å²) in [5.74, 6) is 0.101. The molecule has 2 aromatic rings. The van der Waals surface area contributed by atoms with E-state index in [-0.39, 0.29) is 29.8 Å². The zero-order valence-corrected chi connectivity index (χ0v) is 18.8. The smallest absolute Gasteiger partial charge is 0.242 e. The first-order valence-corrected chi connectivity index (χ1v) is 11.4. The predicted octanol–water partition coefficient (Wildman–Crippen LogP) is 4.90. The second-order valence-corrected chi connectivity index (χ2v) is 10.0. The fourth-order valence-electron chi connectivity index (χ4n) is 3.96. The van der Waals surface area contributed by atoms with Crippen LogP contribution in [0.2, 0.25) is 0 Å². The Morgan fingerprint density at radius 1 is 1.17 bits per heavy atom. The van der Waals surface area contributed by atoms with E-state index in [0.717, 1.165) is 18.4 Å². The average molecular weight is 413 g/mol. The summed E-state index contributed by atoms with van der Waals surface area (Å²) in [5.41, 5.74) is 2.27. The monoisotopic (exact) mass is 412 g/mol. The molecule has 0 saturated carbocycles.